The number of hydrogen-bond acceptors (Lipinski definition) is 4. The third kappa shape index (κ3) is 3.28. The summed E-state index contributed by atoms with van der Waals surface area (Å²) in [6.07, 6.45) is 0. The molecule has 0 aliphatic rings. The van der Waals surface area contributed by atoms with E-state index in [0.29, 0.717) is 12.3 Å². The topological polar surface area (TPSA) is 39.2 Å². The van der Waals surface area contributed by atoms with E-state index in [0.717, 1.165) is 26.0 Å². The van der Waals surface area contributed by atoms with Gasteiger partial charge in [-0.15, -0.1) is 11.8 Å². The number of pyridine rings is 1. The van der Waals surface area contributed by atoms with Gasteiger partial charge in [0.25, 0.3) is 0 Å². The zero-order valence-corrected chi connectivity index (χ0v) is 13.2. The fourth-order valence-corrected chi connectivity index (χ4v) is 2.90. The molecule has 0 aliphatic heterocycles. The Kier molecular flexibility index (Phi) is 4.82. The maximum absolute atomic E-state index is 11.9. The number of halogens is 1. The number of nitrogens with zero attached hydrogens (tertiary/aromatic N) is 1. The number of esters is 1. The average molecular weight is 340 g/mol. The van der Waals surface area contributed by atoms with E-state index in [-0.39, 0.29) is 5.97 Å². The first-order chi connectivity index (χ1) is 9.15. The number of ether oxygens (including phenoxy) is 1. The number of thioether (sulfide) groups is 1. The molecule has 1 aromatic carbocycles. The van der Waals surface area contributed by atoms with Crippen LogP contribution in [0.15, 0.2) is 33.6 Å². The molecule has 3 nitrogen and oxygen atoms in total. The van der Waals surface area contributed by atoms with Crippen molar-refractivity contribution in [1.82, 2.24) is 4.98 Å². The second kappa shape index (κ2) is 6.39. The molecule has 5 heteroatoms. The third-order valence-electron chi connectivity index (χ3n) is 2.51. The Bertz CT molecular complexity index is 616. The number of aromatic nitrogens is 1. The Morgan fingerprint density at radius 3 is 2.84 bits per heavy atom. The first kappa shape index (κ1) is 14.3. The van der Waals surface area contributed by atoms with Crippen molar-refractivity contribution in [3.05, 3.63) is 34.4 Å². The predicted molar refractivity (Wildman–Crippen MR) is 81.8 cm³/mol. The van der Waals surface area contributed by atoms with Crippen LogP contribution in [0.4, 0.5) is 0 Å². The van der Waals surface area contributed by atoms with Gasteiger partial charge in [0.1, 0.15) is 0 Å². The smallest absolute Gasteiger partial charge is 0.358 e. The Labute approximate surface area is 124 Å². The molecule has 0 atom stereocenters. The van der Waals surface area contributed by atoms with Gasteiger partial charge in [0, 0.05) is 14.8 Å². The van der Waals surface area contributed by atoms with Crippen LogP contribution in [0, 0.1) is 0 Å². The minimum Gasteiger partial charge on any atom is -0.461 e. The van der Waals surface area contributed by atoms with Crippen LogP contribution in [0.5, 0.6) is 0 Å². The summed E-state index contributed by atoms with van der Waals surface area (Å²) in [6, 6.07) is 7.80. The van der Waals surface area contributed by atoms with Crippen LogP contribution in [0.2, 0.25) is 0 Å². The number of hydrogen-bond donors (Lipinski definition) is 0. The summed E-state index contributed by atoms with van der Waals surface area (Å²) in [5.41, 5.74) is 1.20. The van der Waals surface area contributed by atoms with E-state index in [4.69, 9.17) is 4.74 Å². The molecule has 0 aliphatic carbocycles. The summed E-state index contributed by atoms with van der Waals surface area (Å²) >= 11 is 5.04. The summed E-state index contributed by atoms with van der Waals surface area (Å²) in [6.45, 7) is 4.20. The van der Waals surface area contributed by atoms with Gasteiger partial charge in [-0.3, -0.25) is 0 Å². The van der Waals surface area contributed by atoms with Crippen LogP contribution in [-0.4, -0.2) is 23.3 Å². The van der Waals surface area contributed by atoms with Crippen molar-refractivity contribution < 1.29 is 9.53 Å². The second-order valence-corrected chi connectivity index (χ2v) is 6.05. The molecule has 0 radical (unpaired) electrons. The van der Waals surface area contributed by atoms with Crippen LogP contribution >= 0.6 is 27.7 Å². The molecule has 0 amide bonds. The highest BCUT2D eigenvalue weighted by Crippen LogP contribution is 2.28. The van der Waals surface area contributed by atoms with Crippen LogP contribution < -0.4 is 0 Å². The maximum atomic E-state index is 11.9. The van der Waals surface area contributed by atoms with Crippen molar-refractivity contribution in [2.75, 3.05) is 12.4 Å². The zero-order chi connectivity index (χ0) is 13.8. The van der Waals surface area contributed by atoms with Gasteiger partial charge in [0.05, 0.1) is 12.1 Å². The summed E-state index contributed by atoms with van der Waals surface area (Å²) in [5.74, 6) is 0.524. The highest BCUT2D eigenvalue weighted by Gasteiger charge is 2.16. The lowest BCUT2D eigenvalue weighted by Crippen LogP contribution is -2.09. The van der Waals surface area contributed by atoms with Gasteiger partial charge in [-0.1, -0.05) is 22.9 Å². The third-order valence-corrected chi connectivity index (χ3v) is 3.91. The number of rotatable bonds is 4. The monoisotopic (exact) mass is 339 g/mol. The van der Waals surface area contributed by atoms with Crippen molar-refractivity contribution in [2.45, 2.75) is 18.7 Å². The maximum Gasteiger partial charge on any atom is 0.358 e. The summed E-state index contributed by atoms with van der Waals surface area (Å²) in [4.78, 5) is 17.2. The highest BCUT2D eigenvalue weighted by atomic mass is 79.9. The van der Waals surface area contributed by atoms with E-state index in [9.17, 15) is 4.79 Å². The lowest BCUT2D eigenvalue weighted by Gasteiger charge is -2.09. The van der Waals surface area contributed by atoms with E-state index in [1.54, 1.807) is 18.7 Å². The molecular weight excluding hydrogens is 326 g/mol. The number of carbonyl (C=O) groups is 1. The molecule has 0 spiro atoms. The molecule has 2 aromatic rings. The molecule has 0 bridgehead atoms. The van der Waals surface area contributed by atoms with E-state index in [1.807, 2.05) is 31.2 Å². The molecule has 0 unspecified atom stereocenters. The van der Waals surface area contributed by atoms with Gasteiger partial charge in [0.15, 0.2) is 5.69 Å². The standard InChI is InChI=1S/C14H14BrNO2S/c1-3-18-14(17)13-12(19-4-2)8-9-7-10(15)5-6-11(9)16-13/h5-8H,3-4H2,1-2H3. The first-order valence-electron chi connectivity index (χ1n) is 6.06. The van der Waals surface area contributed by atoms with Gasteiger partial charge in [0.2, 0.25) is 0 Å². The molecule has 0 N–H and O–H groups in total. The first-order valence-corrected chi connectivity index (χ1v) is 7.83. The molecule has 2 rings (SSSR count). The second-order valence-electron chi connectivity index (χ2n) is 3.83. The van der Waals surface area contributed by atoms with Crippen LogP contribution in [0.3, 0.4) is 0 Å². The SMILES string of the molecule is CCOC(=O)c1nc2ccc(Br)cc2cc1SCC. The Morgan fingerprint density at radius 1 is 1.37 bits per heavy atom. The molecule has 1 aromatic heterocycles. The molecule has 0 saturated heterocycles. The van der Waals surface area contributed by atoms with E-state index >= 15 is 0 Å². The molecule has 0 saturated carbocycles. The van der Waals surface area contributed by atoms with Gasteiger partial charge >= 0.3 is 5.97 Å². The fraction of sp³-hybridized carbons (Fsp3) is 0.286. The zero-order valence-electron chi connectivity index (χ0n) is 10.8. The van der Waals surface area contributed by atoms with E-state index < -0.39 is 0 Å². The van der Waals surface area contributed by atoms with Crippen molar-refractivity contribution in [1.29, 1.82) is 0 Å². The molecule has 1 heterocycles. The highest BCUT2D eigenvalue weighted by molar-refractivity contribution is 9.10. The van der Waals surface area contributed by atoms with Crippen LogP contribution in [0.1, 0.15) is 24.3 Å². The van der Waals surface area contributed by atoms with E-state index in [2.05, 4.69) is 20.9 Å². The minimum atomic E-state index is -0.358. The predicted octanol–water partition coefficient (Wildman–Crippen LogP) is 4.29. The normalized spacial score (nSPS) is 10.7. The summed E-state index contributed by atoms with van der Waals surface area (Å²) in [5, 5.41) is 1.01. The lowest BCUT2D eigenvalue weighted by atomic mass is 10.2. The summed E-state index contributed by atoms with van der Waals surface area (Å²) in [7, 11) is 0. The lowest BCUT2D eigenvalue weighted by molar-refractivity contribution is 0.0515. The fourth-order valence-electron chi connectivity index (χ4n) is 1.74. The van der Waals surface area contributed by atoms with E-state index in [1.165, 1.54) is 0 Å². The quantitative estimate of drug-likeness (QED) is 0.615. The largest absolute Gasteiger partial charge is 0.461 e. The van der Waals surface area contributed by atoms with Crippen molar-refractivity contribution in [3.63, 3.8) is 0 Å². The van der Waals surface area contributed by atoms with Crippen molar-refractivity contribution >= 4 is 44.6 Å². The number of benzene rings is 1. The Balaban J connectivity index is 2.56. The van der Waals surface area contributed by atoms with Gasteiger partial charge in [-0.25, -0.2) is 9.78 Å². The number of fused-ring (bicyclic) bond motifs is 1. The Hall–Kier alpha value is -1.07. The van der Waals surface area contributed by atoms with Gasteiger partial charge < -0.3 is 4.74 Å². The molecular formula is C14H14BrNO2S. The van der Waals surface area contributed by atoms with Crippen molar-refractivity contribution in [3.8, 4) is 0 Å². The van der Waals surface area contributed by atoms with Gasteiger partial charge in [-0.2, -0.15) is 0 Å². The molecule has 19 heavy (non-hydrogen) atoms. The average Bonchev–Trinajstić information content (AvgIpc) is 2.38. The number of carbonyl (C=O) groups excluding carboxylic acids is 1. The molecule has 0 fully saturated rings. The summed E-state index contributed by atoms with van der Waals surface area (Å²) < 4.78 is 6.06. The Morgan fingerprint density at radius 2 is 2.16 bits per heavy atom. The van der Waals surface area contributed by atoms with Gasteiger partial charge in [-0.05, 0) is 36.9 Å². The minimum absolute atomic E-state index is 0.356. The van der Waals surface area contributed by atoms with Crippen LogP contribution in [-0.2, 0) is 4.74 Å². The van der Waals surface area contributed by atoms with Crippen molar-refractivity contribution in [2.24, 2.45) is 0 Å². The van der Waals surface area contributed by atoms with Crippen LogP contribution in [0.25, 0.3) is 10.9 Å². The molecule has 100 valence electrons.